The minimum Gasteiger partial charge on any atom is -0.375 e. The van der Waals surface area contributed by atoms with Crippen molar-refractivity contribution in [2.75, 3.05) is 32.8 Å². The van der Waals surface area contributed by atoms with Crippen molar-refractivity contribution in [3.05, 3.63) is 0 Å². The Morgan fingerprint density at radius 1 is 1.09 bits per heavy atom. The lowest BCUT2D eigenvalue weighted by atomic mass is 9.95. The fourth-order valence-electron chi connectivity index (χ4n) is 1.88. The van der Waals surface area contributed by atoms with E-state index in [1.807, 2.05) is 0 Å². The van der Waals surface area contributed by atoms with E-state index in [0.29, 0.717) is 6.10 Å². The van der Waals surface area contributed by atoms with Gasteiger partial charge in [-0.2, -0.15) is 0 Å². The molecule has 2 fully saturated rings. The van der Waals surface area contributed by atoms with E-state index in [0.717, 1.165) is 38.7 Å². The number of fused-ring (bicyclic) bond motifs is 1. The minimum absolute atomic E-state index is 0.471. The van der Waals surface area contributed by atoms with E-state index in [1.54, 1.807) is 0 Å². The number of hydrogen-bond donors (Lipinski definition) is 2. The maximum Gasteiger partial charge on any atom is 0.0740 e. The van der Waals surface area contributed by atoms with Crippen LogP contribution >= 0.6 is 0 Å². The van der Waals surface area contributed by atoms with Gasteiger partial charge >= 0.3 is 0 Å². The average molecular weight is 156 g/mol. The molecule has 2 heterocycles. The fourth-order valence-corrected chi connectivity index (χ4v) is 1.88. The molecule has 2 aliphatic rings. The van der Waals surface area contributed by atoms with E-state index >= 15 is 0 Å². The van der Waals surface area contributed by atoms with Gasteiger partial charge in [0.1, 0.15) is 0 Å². The molecule has 3 heteroatoms. The molecule has 2 rings (SSSR count). The molecule has 0 bridgehead atoms. The first-order valence-electron chi connectivity index (χ1n) is 4.50. The highest BCUT2D eigenvalue weighted by atomic mass is 16.5. The van der Waals surface area contributed by atoms with Crippen molar-refractivity contribution in [3.8, 4) is 0 Å². The Bertz CT molecular complexity index is 115. The van der Waals surface area contributed by atoms with Crippen molar-refractivity contribution < 1.29 is 4.74 Å². The van der Waals surface area contributed by atoms with Crippen LogP contribution in [0, 0.1) is 5.92 Å². The average Bonchev–Trinajstić information content (AvgIpc) is 2.28. The third-order valence-electron chi connectivity index (χ3n) is 2.58. The van der Waals surface area contributed by atoms with E-state index in [1.165, 1.54) is 6.42 Å². The molecule has 0 aliphatic carbocycles. The van der Waals surface area contributed by atoms with Crippen LogP contribution in [0.25, 0.3) is 0 Å². The van der Waals surface area contributed by atoms with Gasteiger partial charge in [0.15, 0.2) is 0 Å². The fraction of sp³-hybridized carbons (Fsp3) is 1.00. The zero-order valence-electron chi connectivity index (χ0n) is 6.81. The second-order valence-electron chi connectivity index (χ2n) is 3.37. The zero-order chi connectivity index (χ0) is 7.52. The van der Waals surface area contributed by atoms with Crippen molar-refractivity contribution in [3.63, 3.8) is 0 Å². The largest absolute Gasteiger partial charge is 0.375 e. The molecule has 0 saturated carbocycles. The first kappa shape index (κ1) is 7.53. The molecular weight excluding hydrogens is 140 g/mol. The van der Waals surface area contributed by atoms with Crippen molar-refractivity contribution in [1.29, 1.82) is 0 Å². The van der Waals surface area contributed by atoms with Gasteiger partial charge in [0.05, 0.1) is 12.7 Å². The van der Waals surface area contributed by atoms with Crippen LogP contribution in [-0.4, -0.2) is 38.9 Å². The molecule has 0 radical (unpaired) electrons. The highest BCUT2D eigenvalue weighted by Gasteiger charge is 2.26. The third-order valence-corrected chi connectivity index (χ3v) is 2.58. The first-order valence-corrected chi connectivity index (χ1v) is 4.50. The summed E-state index contributed by atoms with van der Waals surface area (Å²) < 4.78 is 5.68. The lowest BCUT2D eigenvalue weighted by Crippen LogP contribution is -2.43. The number of nitrogens with one attached hydrogen (secondary N) is 2. The second kappa shape index (κ2) is 3.52. The van der Waals surface area contributed by atoms with Gasteiger partial charge in [-0.3, -0.25) is 0 Å². The van der Waals surface area contributed by atoms with Crippen LogP contribution < -0.4 is 10.6 Å². The van der Waals surface area contributed by atoms with Crippen molar-refractivity contribution >= 4 is 0 Å². The normalized spacial score (nSPS) is 39.3. The first-order chi connectivity index (χ1) is 5.47. The quantitative estimate of drug-likeness (QED) is 0.500. The summed E-state index contributed by atoms with van der Waals surface area (Å²) >= 11 is 0. The number of rotatable bonds is 0. The highest BCUT2D eigenvalue weighted by molar-refractivity contribution is 4.81. The SMILES string of the molecule is C1CO[C@@H]2CNCC[C@H]2CN1. The molecule has 3 nitrogen and oxygen atoms in total. The number of ether oxygens (including phenoxy) is 1. The van der Waals surface area contributed by atoms with Crippen molar-refractivity contribution in [2.24, 2.45) is 5.92 Å². The minimum atomic E-state index is 0.471. The van der Waals surface area contributed by atoms with Crippen molar-refractivity contribution in [2.45, 2.75) is 12.5 Å². The molecule has 0 amide bonds. The van der Waals surface area contributed by atoms with Gasteiger partial charge in [-0.1, -0.05) is 0 Å². The molecule has 64 valence electrons. The van der Waals surface area contributed by atoms with Gasteiger partial charge in [0, 0.05) is 25.6 Å². The standard InChI is InChI=1S/C8H16N2O/c1-2-9-6-8-7(1)5-10-3-4-11-8/h7-10H,1-6H2/t7-,8+/m0/s1. The zero-order valence-corrected chi connectivity index (χ0v) is 6.81. The van der Waals surface area contributed by atoms with Gasteiger partial charge < -0.3 is 15.4 Å². The Morgan fingerprint density at radius 3 is 3.00 bits per heavy atom. The summed E-state index contributed by atoms with van der Waals surface area (Å²) in [5.41, 5.74) is 0. The summed E-state index contributed by atoms with van der Waals surface area (Å²) in [4.78, 5) is 0. The van der Waals surface area contributed by atoms with Gasteiger partial charge in [-0.15, -0.1) is 0 Å². The molecule has 0 spiro atoms. The van der Waals surface area contributed by atoms with Crippen molar-refractivity contribution in [1.82, 2.24) is 10.6 Å². The lowest BCUT2D eigenvalue weighted by molar-refractivity contribution is 0.0179. The van der Waals surface area contributed by atoms with E-state index in [4.69, 9.17) is 4.74 Å². The summed E-state index contributed by atoms with van der Waals surface area (Å²) in [6, 6.07) is 0. The molecule has 2 aliphatic heterocycles. The van der Waals surface area contributed by atoms with Crippen LogP contribution in [0.5, 0.6) is 0 Å². The van der Waals surface area contributed by atoms with Crippen LogP contribution in [0.3, 0.4) is 0 Å². The molecule has 0 unspecified atom stereocenters. The molecule has 0 aromatic heterocycles. The Balaban J connectivity index is 1.93. The molecule has 0 aromatic rings. The summed E-state index contributed by atoms with van der Waals surface area (Å²) in [6.07, 6.45) is 1.73. The van der Waals surface area contributed by atoms with E-state index < -0.39 is 0 Å². The lowest BCUT2D eigenvalue weighted by Gasteiger charge is -2.29. The van der Waals surface area contributed by atoms with Gasteiger partial charge in [0.25, 0.3) is 0 Å². The van der Waals surface area contributed by atoms with E-state index in [2.05, 4.69) is 10.6 Å². The Kier molecular flexibility index (Phi) is 2.41. The van der Waals surface area contributed by atoms with Crippen LogP contribution in [0.1, 0.15) is 6.42 Å². The van der Waals surface area contributed by atoms with Gasteiger partial charge in [0.2, 0.25) is 0 Å². The van der Waals surface area contributed by atoms with Crippen LogP contribution in [-0.2, 0) is 4.74 Å². The van der Waals surface area contributed by atoms with Gasteiger partial charge in [-0.05, 0) is 13.0 Å². The van der Waals surface area contributed by atoms with Crippen LogP contribution in [0.15, 0.2) is 0 Å². The van der Waals surface area contributed by atoms with Crippen LogP contribution in [0.2, 0.25) is 0 Å². The molecular formula is C8H16N2O. The Hall–Kier alpha value is -0.120. The molecule has 2 saturated heterocycles. The molecule has 11 heavy (non-hydrogen) atoms. The number of hydrogen-bond acceptors (Lipinski definition) is 3. The monoisotopic (exact) mass is 156 g/mol. The smallest absolute Gasteiger partial charge is 0.0740 e. The summed E-state index contributed by atoms with van der Waals surface area (Å²) in [5.74, 6) is 0.749. The second-order valence-corrected chi connectivity index (χ2v) is 3.37. The van der Waals surface area contributed by atoms with E-state index in [9.17, 15) is 0 Å². The third kappa shape index (κ3) is 1.72. The number of piperidine rings is 1. The van der Waals surface area contributed by atoms with Crippen LogP contribution in [0.4, 0.5) is 0 Å². The summed E-state index contributed by atoms with van der Waals surface area (Å²) in [6.45, 7) is 5.25. The molecule has 2 N–H and O–H groups in total. The predicted octanol–water partition coefficient (Wildman–Crippen LogP) is -0.416. The summed E-state index contributed by atoms with van der Waals surface area (Å²) in [7, 11) is 0. The summed E-state index contributed by atoms with van der Waals surface area (Å²) in [5, 5.41) is 6.75. The predicted molar refractivity (Wildman–Crippen MR) is 43.6 cm³/mol. The van der Waals surface area contributed by atoms with Gasteiger partial charge in [-0.25, -0.2) is 0 Å². The molecule has 0 aromatic carbocycles. The van der Waals surface area contributed by atoms with E-state index in [-0.39, 0.29) is 0 Å². The maximum absolute atomic E-state index is 5.68. The maximum atomic E-state index is 5.68. The molecule has 2 atom stereocenters. The Labute approximate surface area is 67.5 Å². The highest BCUT2D eigenvalue weighted by Crippen LogP contribution is 2.16. The Morgan fingerprint density at radius 2 is 2.00 bits per heavy atom. The topological polar surface area (TPSA) is 33.3 Å².